The van der Waals surface area contributed by atoms with Crippen LogP contribution in [0.1, 0.15) is 86.7 Å². The summed E-state index contributed by atoms with van der Waals surface area (Å²) in [5.41, 5.74) is 2.67. The minimum absolute atomic E-state index is 0.167. The highest BCUT2D eigenvalue weighted by molar-refractivity contribution is 7.97. The van der Waals surface area contributed by atoms with Gasteiger partial charge in [0.2, 0.25) is 0 Å². The number of anilines is 1. The van der Waals surface area contributed by atoms with E-state index >= 15 is 0 Å². The van der Waals surface area contributed by atoms with Crippen molar-refractivity contribution >= 4 is 29.7 Å². The number of hydrogen-bond acceptors (Lipinski definition) is 9. The molecule has 3 aliphatic rings. The number of hydrogen-bond donors (Lipinski definition) is 1. The molecule has 2 aromatic carbocycles. The first-order valence-electron chi connectivity index (χ1n) is 16.7. The second-order valence-corrected chi connectivity index (χ2v) is 15.0. The summed E-state index contributed by atoms with van der Waals surface area (Å²) in [5.74, 6) is 0.811. The molecule has 0 aliphatic carbocycles. The van der Waals surface area contributed by atoms with Crippen LogP contribution in [0.3, 0.4) is 0 Å². The Kier molecular flexibility index (Phi) is 11.5. The van der Waals surface area contributed by atoms with Gasteiger partial charge in [-0.25, -0.2) is 13.9 Å². The highest BCUT2D eigenvalue weighted by atomic mass is 32.2. The summed E-state index contributed by atoms with van der Waals surface area (Å²) in [4.78, 5) is 30.4. The van der Waals surface area contributed by atoms with Gasteiger partial charge in [-0.05, 0) is 132 Å². The summed E-state index contributed by atoms with van der Waals surface area (Å²) in [5, 5.41) is 12.6. The molecule has 0 saturated carbocycles. The maximum absolute atomic E-state index is 12.1. The zero-order chi connectivity index (χ0) is 32.7. The van der Waals surface area contributed by atoms with Crippen molar-refractivity contribution in [3.8, 4) is 6.07 Å². The smallest absolute Gasteiger partial charge is 0.407 e. The number of rotatable bonds is 8. The van der Waals surface area contributed by atoms with Crippen LogP contribution in [0.2, 0.25) is 0 Å². The second kappa shape index (κ2) is 15.6. The van der Waals surface area contributed by atoms with Gasteiger partial charge in [-0.15, -0.1) is 0 Å². The first kappa shape index (κ1) is 34.1. The van der Waals surface area contributed by atoms with E-state index in [4.69, 9.17) is 9.47 Å². The molecule has 0 spiro atoms. The number of esters is 1. The number of alkyl carbamates (subject to hydrolysis) is 1. The molecule has 248 valence electrons. The Balaban J connectivity index is 1.03. The maximum Gasteiger partial charge on any atom is 0.407 e. The minimum Gasteiger partial charge on any atom is -0.465 e. The van der Waals surface area contributed by atoms with Crippen molar-refractivity contribution in [3.63, 3.8) is 0 Å². The third kappa shape index (κ3) is 9.40. The number of carbonyl (C=O) groups is 2. The third-order valence-electron chi connectivity index (χ3n) is 9.35. The molecule has 0 bridgehead atoms. The normalized spacial score (nSPS) is 19.4. The first-order valence-corrected chi connectivity index (χ1v) is 17.5. The van der Waals surface area contributed by atoms with Crippen LogP contribution in [0.4, 0.5) is 10.5 Å². The number of carbonyl (C=O) groups excluding carboxylic acids is 2. The lowest BCUT2D eigenvalue weighted by Gasteiger charge is -2.38. The van der Waals surface area contributed by atoms with E-state index in [2.05, 4.69) is 49.8 Å². The van der Waals surface area contributed by atoms with E-state index in [1.54, 1.807) is 6.07 Å². The van der Waals surface area contributed by atoms with E-state index < -0.39 is 11.6 Å². The molecule has 5 rings (SSSR count). The zero-order valence-electron chi connectivity index (χ0n) is 27.8. The van der Waals surface area contributed by atoms with Crippen LogP contribution in [-0.2, 0) is 9.47 Å². The van der Waals surface area contributed by atoms with E-state index in [0.717, 1.165) is 77.2 Å². The molecule has 1 N–H and O–H groups in total. The Morgan fingerprint density at radius 1 is 0.957 bits per heavy atom. The maximum atomic E-state index is 12.1. The van der Waals surface area contributed by atoms with Gasteiger partial charge in [-0.1, -0.05) is 12.1 Å². The van der Waals surface area contributed by atoms with Crippen LogP contribution in [0.15, 0.2) is 47.4 Å². The van der Waals surface area contributed by atoms with Crippen LogP contribution < -0.4 is 10.2 Å². The average Bonchev–Trinajstić information content (AvgIpc) is 3.05. The number of nitrogens with zero attached hydrogens (tertiary/aromatic N) is 4. The molecule has 1 amide bonds. The fourth-order valence-electron chi connectivity index (χ4n) is 6.84. The number of amides is 1. The molecule has 46 heavy (non-hydrogen) atoms. The van der Waals surface area contributed by atoms with Gasteiger partial charge < -0.3 is 24.6 Å². The van der Waals surface area contributed by atoms with Gasteiger partial charge in [0.25, 0.3) is 0 Å². The summed E-state index contributed by atoms with van der Waals surface area (Å²) < 4.78 is 12.7. The second-order valence-electron chi connectivity index (χ2n) is 13.9. The number of nitriles is 1. The van der Waals surface area contributed by atoms with E-state index in [-0.39, 0.29) is 12.1 Å². The molecule has 3 fully saturated rings. The van der Waals surface area contributed by atoms with Crippen molar-refractivity contribution in [2.45, 2.75) is 81.8 Å². The van der Waals surface area contributed by atoms with Gasteiger partial charge in [0.1, 0.15) is 11.7 Å². The molecule has 3 saturated heterocycles. The quantitative estimate of drug-likeness (QED) is 0.257. The van der Waals surface area contributed by atoms with Gasteiger partial charge in [0.05, 0.1) is 18.2 Å². The van der Waals surface area contributed by atoms with Gasteiger partial charge in [-0.3, -0.25) is 0 Å². The van der Waals surface area contributed by atoms with Gasteiger partial charge >= 0.3 is 12.1 Å². The summed E-state index contributed by atoms with van der Waals surface area (Å²) in [6.45, 7) is 12.9. The molecule has 3 aliphatic heterocycles. The van der Waals surface area contributed by atoms with Crippen molar-refractivity contribution in [3.05, 3.63) is 59.2 Å². The van der Waals surface area contributed by atoms with Crippen molar-refractivity contribution in [2.75, 3.05) is 57.8 Å². The molecule has 3 heterocycles. The van der Waals surface area contributed by atoms with E-state index in [0.29, 0.717) is 23.0 Å². The molecule has 2 aromatic rings. The summed E-state index contributed by atoms with van der Waals surface area (Å²) in [6.07, 6.45) is 6.18. The Morgan fingerprint density at radius 3 is 2.33 bits per heavy atom. The SMILES string of the molecule is COC(=O)c1ccc(N2CCC(CN3CCC(c4cccc(SN5CCC(NC(=O)OC(C)(C)C)CC5)c4)CC3)CC2)cc1C#N. The standard InChI is InChI=1S/C36H49N5O4S/c1-36(2,3)45-35(43)38-30-14-20-41(21-15-30)46-32-7-5-6-28(23-32)27-12-16-39(17-13-27)25-26-10-18-40(19-11-26)31-8-9-33(34(42)44-4)29(22-31)24-37/h5-9,22-23,26-27,30H,10-21,25H2,1-4H3,(H,38,43). The summed E-state index contributed by atoms with van der Waals surface area (Å²) in [7, 11) is 1.34. The largest absolute Gasteiger partial charge is 0.465 e. The summed E-state index contributed by atoms with van der Waals surface area (Å²) >= 11 is 1.84. The molecule has 0 unspecified atom stereocenters. The molecule has 0 atom stereocenters. The minimum atomic E-state index is -0.476. The number of nitrogens with one attached hydrogen (secondary N) is 1. The lowest BCUT2D eigenvalue weighted by molar-refractivity contribution is 0.0489. The average molecular weight is 648 g/mol. The van der Waals surface area contributed by atoms with Crippen LogP contribution in [0.25, 0.3) is 0 Å². The Bertz CT molecular complexity index is 1380. The zero-order valence-corrected chi connectivity index (χ0v) is 28.6. The van der Waals surface area contributed by atoms with E-state index in [9.17, 15) is 14.9 Å². The molecule has 10 heteroatoms. The summed E-state index contributed by atoms with van der Waals surface area (Å²) in [6, 6.07) is 16.9. The fraction of sp³-hybridized carbons (Fsp3) is 0.583. The number of methoxy groups -OCH3 is 1. The number of benzene rings is 2. The molecule has 0 aromatic heterocycles. The van der Waals surface area contributed by atoms with Crippen molar-refractivity contribution in [2.24, 2.45) is 5.92 Å². The molecule has 9 nitrogen and oxygen atoms in total. The number of ether oxygens (including phenoxy) is 2. The lowest BCUT2D eigenvalue weighted by atomic mass is 9.88. The van der Waals surface area contributed by atoms with Crippen molar-refractivity contribution in [1.29, 1.82) is 5.26 Å². The predicted molar refractivity (Wildman–Crippen MR) is 182 cm³/mol. The van der Waals surface area contributed by atoms with Gasteiger partial charge in [0, 0.05) is 49.3 Å². The number of likely N-dealkylation sites (tertiary alicyclic amines) is 1. The highest BCUT2D eigenvalue weighted by Crippen LogP contribution is 2.34. The van der Waals surface area contributed by atoms with E-state index in [1.165, 1.54) is 30.4 Å². The van der Waals surface area contributed by atoms with Crippen LogP contribution in [0, 0.1) is 17.2 Å². The van der Waals surface area contributed by atoms with Crippen LogP contribution >= 0.6 is 11.9 Å². The third-order valence-corrected chi connectivity index (χ3v) is 10.4. The fourth-order valence-corrected chi connectivity index (χ4v) is 7.86. The molecular formula is C36H49N5O4S. The Labute approximate surface area is 278 Å². The van der Waals surface area contributed by atoms with Gasteiger partial charge in [0.15, 0.2) is 0 Å². The molecule has 0 radical (unpaired) electrons. The van der Waals surface area contributed by atoms with Crippen molar-refractivity contribution in [1.82, 2.24) is 14.5 Å². The Hall–Kier alpha value is -3.26. The van der Waals surface area contributed by atoms with Crippen LogP contribution in [0.5, 0.6) is 0 Å². The monoisotopic (exact) mass is 647 g/mol. The first-order chi connectivity index (χ1) is 22.1. The van der Waals surface area contributed by atoms with E-state index in [1.807, 2.05) is 44.9 Å². The predicted octanol–water partition coefficient (Wildman–Crippen LogP) is 6.44. The molecular weight excluding hydrogens is 598 g/mol. The highest BCUT2D eigenvalue weighted by Gasteiger charge is 2.27. The van der Waals surface area contributed by atoms with Crippen LogP contribution in [-0.4, -0.2) is 85.8 Å². The Morgan fingerprint density at radius 2 is 1.67 bits per heavy atom. The van der Waals surface area contributed by atoms with Gasteiger partial charge in [-0.2, -0.15) is 5.26 Å². The lowest BCUT2D eigenvalue weighted by Crippen LogP contribution is -2.44. The van der Waals surface area contributed by atoms with Crippen molar-refractivity contribution < 1.29 is 19.1 Å². The number of piperidine rings is 3. The topological polar surface area (TPSA) is 98.1 Å².